The van der Waals surface area contributed by atoms with Crippen LogP contribution in [-0.4, -0.2) is 28.7 Å². The maximum absolute atomic E-state index is 11.3. The van der Waals surface area contributed by atoms with Gasteiger partial charge in [0.25, 0.3) is 0 Å². The molecule has 0 fully saturated rings. The van der Waals surface area contributed by atoms with E-state index < -0.39 is 29.5 Å². The lowest BCUT2D eigenvalue weighted by Gasteiger charge is -2.23. The van der Waals surface area contributed by atoms with Crippen molar-refractivity contribution in [3.8, 4) is 0 Å². The van der Waals surface area contributed by atoms with Crippen LogP contribution in [0.5, 0.6) is 0 Å². The Balaban J connectivity index is 4.33. The molecule has 0 aliphatic heterocycles. The minimum Gasteiger partial charge on any atom is -0.481 e. The molecular formula is C9H17NO4. The molecule has 82 valence electrons. The monoisotopic (exact) mass is 203 g/mol. The van der Waals surface area contributed by atoms with E-state index in [4.69, 9.17) is 15.6 Å². The summed E-state index contributed by atoms with van der Waals surface area (Å²) >= 11 is 0. The number of hydrogen-bond donors (Lipinski definition) is 2. The Kier molecular flexibility index (Phi) is 4.07. The smallest absolute Gasteiger partial charge is 0.324 e. The lowest BCUT2D eigenvalue weighted by atomic mass is 10.0. The predicted octanol–water partition coefficient (Wildman–Crippen LogP) is 0.376. The first kappa shape index (κ1) is 12.9. The van der Waals surface area contributed by atoms with Gasteiger partial charge in [-0.15, -0.1) is 0 Å². The Morgan fingerprint density at radius 1 is 1.36 bits per heavy atom. The molecular weight excluding hydrogens is 186 g/mol. The maximum Gasteiger partial charge on any atom is 0.324 e. The number of carbonyl (C=O) groups excluding carboxylic acids is 1. The summed E-state index contributed by atoms with van der Waals surface area (Å²) in [6, 6.07) is -1.12. The Morgan fingerprint density at radius 2 is 1.79 bits per heavy atom. The van der Waals surface area contributed by atoms with E-state index in [-0.39, 0.29) is 0 Å². The highest BCUT2D eigenvalue weighted by atomic mass is 16.6. The molecule has 0 aliphatic carbocycles. The fourth-order valence-corrected chi connectivity index (χ4v) is 0.728. The van der Waals surface area contributed by atoms with Crippen LogP contribution < -0.4 is 5.73 Å². The summed E-state index contributed by atoms with van der Waals surface area (Å²) < 4.78 is 4.94. The molecule has 0 aromatic carbocycles. The van der Waals surface area contributed by atoms with Gasteiger partial charge >= 0.3 is 11.9 Å². The Bertz CT molecular complexity index is 231. The summed E-state index contributed by atoms with van der Waals surface area (Å²) in [6.45, 7) is 6.46. The minimum atomic E-state index is -1.12. The Labute approximate surface area is 83.2 Å². The second kappa shape index (κ2) is 4.41. The predicted molar refractivity (Wildman–Crippen MR) is 50.6 cm³/mol. The highest BCUT2D eigenvalue weighted by Crippen LogP contribution is 2.11. The summed E-state index contributed by atoms with van der Waals surface area (Å²) in [4.78, 5) is 21.8. The molecule has 0 bridgehead atoms. The molecule has 14 heavy (non-hydrogen) atoms. The van der Waals surface area contributed by atoms with Crippen LogP contribution in [0.2, 0.25) is 0 Å². The number of carboxylic acids is 1. The van der Waals surface area contributed by atoms with Crippen molar-refractivity contribution >= 4 is 11.9 Å². The molecule has 2 unspecified atom stereocenters. The number of nitrogens with two attached hydrogens (primary N) is 1. The number of carboxylic acid groups (broad SMARTS) is 1. The average Bonchev–Trinajstić information content (AvgIpc) is 1.98. The first-order valence-electron chi connectivity index (χ1n) is 4.36. The lowest BCUT2D eigenvalue weighted by Crippen LogP contribution is -2.44. The Hall–Kier alpha value is -1.10. The van der Waals surface area contributed by atoms with Crippen LogP contribution in [0.3, 0.4) is 0 Å². The molecule has 0 aliphatic rings. The van der Waals surface area contributed by atoms with Crippen molar-refractivity contribution in [2.24, 2.45) is 11.7 Å². The van der Waals surface area contributed by atoms with Crippen molar-refractivity contribution in [1.82, 2.24) is 0 Å². The van der Waals surface area contributed by atoms with Crippen molar-refractivity contribution in [3.63, 3.8) is 0 Å². The van der Waals surface area contributed by atoms with Gasteiger partial charge in [-0.05, 0) is 27.7 Å². The summed E-state index contributed by atoms with van der Waals surface area (Å²) in [5, 5.41) is 8.61. The normalized spacial score (nSPS) is 15.8. The van der Waals surface area contributed by atoms with Crippen molar-refractivity contribution in [2.75, 3.05) is 0 Å². The van der Waals surface area contributed by atoms with Gasteiger partial charge in [0.2, 0.25) is 0 Å². The third kappa shape index (κ3) is 4.23. The van der Waals surface area contributed by atoms with Crippen LogP contribution in [0.1, 0.15) is 27.7 Å². The van der Waals surface area contributed by atoms with Crippen LogP contribution in [0.4, 0.5) is 0 Å². The number of rotatable bonds is 3. The van der Waals surface area contributed by atoms with Gasteiger partial charge in [-0.1, -0.05) is 0 Å². The maximum atomic E-state index is 11.3. The van der Waals surface area contributed by atoms with Gasteiger partial charge in [-0.3, -0.25) is 9.59 Å². The average molecular weight is 203 g/mol. The van der Waals surface area contributed by atoms with Crippen molar-refractivity contribution < 1.29 is 19.4 Å². The number of aliphatic carboxylic acids is 1. The SMILES string of the molecule is CC(C(=O)O)C(N)C(=O)OC(C)(C)C. The number of ether oxygens (including phenoxy) is 1. The van der Waals surface area contributed by atoms with E-state index in [2.05, 4.69) is 0 Å². The standard InChI is InChI=1S/C9H17NO4/c1-5(7(11)12)6(10)8(13)14-9(2,3)4/h5-6H,10H2,1-4H3,(H,11,12). The Morgan fingerprint density at radius 3 is 2.07 bits per heavy atom. The minimum absolute atomic E-state index is 0.646. The topological polar surface area (TPSA) is 89.6 Å². The zero-order valence-corrected chi connectivity index (χ0v) is 8.90. The quantitative estimate of drug-likeness (QED) is 0.647. The van der Waals surface area contributed by atoms with Crippen molar-refractivity contribution in [2.45, 2.75) is 39.3 Å². The summed E-state index contributed by atoms with van der Waals surface area (Å²) in [5.41, 5.74) is 4.77. The van der Waals surface area contributed by atoms with Crippen LogP contribution in [0.15, 0.2) is 0 Å². The fraction of sp³-hybridized carbons (Fsp3) is 0.778. The highest BCUT2D eigenvalue weighted by Gasteiger charge is 2.30. The zero-order valence-electron chi connectivity index (χ0n) is 8.90. The molecule has 0 aromatic heterocycles. The van der Waals surface area contributed by atoms with Crippen molar-refractivity contribution in [3.05, 3.63) is 0 Å². The second-order valence-electron chi connectivity index (χ2n) is 4.19. The first-order valence-corrected chi connectivity index (χ1v) is 4.36. The molecule has 5 nitrogen and oxygen atoms in total. The number of carbonyl (C=O) groups is 2. The lowest BCUT2D eigenvalue weighted by molar-refractivity contribution is -0.161. The van der Waals surface area contributed by atoms with Gasteiger partial charge in [0.1, 0.15) is 11.6 Å². The number of esters is 1. The van der Waals surface area contributed by atoms with Crippen LogP contribution >= 0.6 is 0 Å². The third-order valence-corrected chi connectivity index (χ3v) is 1.61. The molecule has 0 rings (SSSR count). The van der Waals surface area contributed by atoms with Crippen molar-refractivity contribution in [1.29, 1.82) is 0 Å². The van der Waals surface area contributed by atoms with Gasteiger partial charge < -0.3 is 15.6 Å². The zero-order chi connectivity index (χ0) is 11.5. The summed E-state index contributed by atoms with van der Waals surface area (Å²) in [5.74, 6) is -2.74. The number of hydrogen-bond acceptors (Lipinski definition) is 4. The first-order chi connectivity index (χ1) is 6.15. The van der Waals surface area contributed by atoms with E-state index >= 15 is 0 Å². The molecule has 0 saturated carbocycles. The molecule has 0 spiro atoms. The molecule has 0 radical (unpaired) electrons. The van der Waals surface area contributed by atoms with Gasteiger partial charge in [0.05, 0.1) is 5.92 Å². The molecule has 0 aromatic rings. The van der Waals surface area contributed by atoms with Gasteiger partial charge in [-0.2, -0.15) is 0 Å². The molecule has 0 saturated heterocycles. The molecule has 0 heterocycles. The van der Waals surface area contributed by atoms with E-state index in [1.165, 1.54) is 6.92 Å². The largest absolute Gasteiger partial charge is 0.481 e. The van der Waals surface area contributed by atoms with Crippen LogP contribution in [-0.2, 0) is 14.3 Å². The van der Waals surface area contributed by atoms with E-state index in [0.29, 0.717) is 0 Å². The van der Waals surface area contributed by atoms with Crippen LogP contribution in [0.25, 0.3) is 0 Å². The summed E-state index contributed by atoms with van der Waals surface area (Å²) in [7, 11) is 0. The van der Waals surface area contributed by atoms with E-state index in [1.807, 2.05) is 0 Å². The fourth-order valence-electron chi connectivity index (χ4n) is 0.728. The molecule has 2 atom stereocenters. The van der Waals surface area contributed by atoms with E-state index in [0.717, 1.165) is 0 Å². The highest BCUT2D eigenvalue weighted by molar-refractivity contribution is 5.83. The van der Waals surface area contributed by atoms with Crippen LogP contribution in [0, 0.1) is 5.92 Å². The third-order valence-electron chi connectivity index (χ3n) is 1.61. The molecule has 3 N–H and O–H groups in total. The molecule has 0 amide bonds. The van der Waals surface area contributed by atoms with Gasteiger partial charge in [0, 0.05) is 0 Å². The molecule has 5 heteroatoms. The van der Waals surface area contributed by atoms with E-state index in [9.17, 15) is 9.59 Å². The van der Waals surface area contributed by atoms with Gasteiger partial charge in [0.15, 0.2) is 0 Å². The second-order valence-corrected chi connectivity index (χ2v) is 4.19. The van der Waals surface area contributed by atoms with Gasteiger partial charge in [-0.25, -0.2) is 0 Å². The van der Waals surface area contributed by atoms with E-state index in [1.54, 1.807) is 20.8 Å². The summed E-state index contributed by atoms with van der Waals surface area (Å²) in [6.07, 6.45) is 0.